The fourth-order valence-corrected chi connectivity index (χ4v) is 3.35. The van der Waals surface area contributed by atoms with Crippen LogP contribution in [0, 0.1) is 0 Å². The molecule has 0 aliphatic carbocycles. The van der Waals surface area contributed by atoms with E-state index in [-0.39, 0.29) is 16.5 Å². The molecule has 0 aliphatic rings. The minimum absolute atomic E-state index is 0.0233. The van der Waals surface area contributed by atoms with E-state index in [2.05, 4.69) is 15.5 Å². The van der Waals surface area contributed by atoms with E-state index in [1.165, 1.54) is 28.6 Å². The van der Waals surface area contributed by atoms with Crippen molar-refractivity contribution in [3.05, 3.63) is 36.2 Å². The van der Waals surface area contributed by atoms with Crippen LogP contribution in [-0.4, -0.2) is 41.9 Å². The number of amides is 1. The van der Waals surface area contributed by atoms with Crippen molar-refractivity contribution >= 4 is 21.9 Å². The summed E-state index contributed by atoms with van der Waals surface area (Å²) in [5, 5.41) is 9.37. The number of anilines is 1. The third kappa shape index (κ3) is 3.31. The van der Waals surface area contributed by atoms with Gasteiger partial charge in [0.2, 0.25) is 16.4 Å². The predicted octanol–water partition coefficient (Wildman–Crippen LogP) is 1.35. The minimum Gasteiger partial charge on any atom is -0.411 e. The lowest BCUT2D eigenvalue weighted by molar-refractivity contribution is 0.102. The van der Waals surface area contributed by atoms with Gasteiger partial charge in [0.15, 0.2) is 0 Å². The zero-order valence-corrected chi connectivity index (χ0v) is 13.0. The fourth-order valence-electron chi connectivity index (χ4n) is 1.89. The van der Waals surface area contributed by atoms with E-state index in [4.69, 9.17) is 4.42 Å². The van der Waals surface area contributed by atoms with Crippen molar-refractivity contribution in [2.24, 2.45) is 0 Å². The smallest absolute Gasteiger partial charge is 0.322 e. The lowest BCUT2D eigenvalue weighted by Crippen LogP contribution is -2.30. The molecule has 9 heteroatoms. The van der Waals surface area contributed by atoms with E-state index < -0.39 is 15.9 Å². The molecule has 0 atom stereocenters. The summed E-state index contributed by atoms with van der Waals surface area (Å²) < 4.78 is 30.8. The molecule has 0 aliphatic heterocycles. The van der Waals surface area contributed by atoms with E-state index >= 15 is 0 Å². The van der Waals surface area contributed by atoms with Gasteiger partial charge < -0.3 is 4.42 Å². The Bertz CT molecular complexity index is 722. The number of aromatic nitrogens is 2. The zero-order valence-electron chi connectivity index (χ0n) is 12.2. The topological polar surface area (TPSA) is 105 Å². The molecule has 0 saturated heterocycles. The summed E-state index contributed by atoms with van der Waals surface area (Å²) in [5.41, 5.74) is 0.289. The highest BCUT2D eigenvalue weighted by Crippen LogP contribution is 2.16. The van der Waals surface area contributed by atoms with Crippen LogP contribution >= 0.6 is 0 Å². The first-order valence-corrected chi connectivity index (χ1v) is 8.10. The number of hydrogen-bond acceptors (Lipinski definition) is 6. The average molecular weight is 324 g/mol. The second-order valence-corrected chi connectivity index (χ2v) is 6.25. The van der Waals surface area contributed by atoms with Gasteiger partial charge in [0.05, 0.1) is 4.90 Å². The lowest BCUT2D eigenvalue weighted by Gasteiger charge is -2.18. The molecule has 0 bridgehead atoms. The van der Waals surface area contributed by atoms with Crippen LogP contribution in [0.4, 0.5) is 6.01 Å². The Labute approximate surface area is 128 Å². The first-order chi connectivity index (χ1) is 10.5. The van der Waals surface area contributed by atoms with Gasteiger partial charge in [-0.3, -0.25) is 10.1 Å². The third-order valence-electron chi connectivity index (χ3n) is 3.04. The molecule has 0 spiro atoms. The number of rotatable bonds is 6. The predicted molar refractivity (Wildman–Crippen MR) is 78.8 cm³/mol. The maximum atomic E-state index is 12.3. The Balaban J connectivity index is 2.18. The van der Waals surface area contributed by atoms with Crippen LogP contribution in [0.15, 0.2) is 40.0 Å². The summed E-state index contributed by atoms with van der Waals surface area (Å²) in [6.07, 6.45) is 1.09. The largest absolute Gasteiger partial charge is 0.411 e. The second kappa shape index (κ2) is 6.67. The Morgan fingerprint density at radius 1 is 1.23 bits per heavy atom. The van der Waals surface area contributed by atoms with Crippen LogP contribution in [0.25, 0.3) is 0 Å². The van der Waals surface area contributed by atoms with Crippen LogP contribution in [0.2, 0.25) is 0 Å². The van der Waals surface area contributed by atoms with Crippen LogP contribution < -0.4 is 5.32 Å². The number of carbonyl (C=O) groups is 1. The number of sulfonamides is 1. The summed E-state index contributed by atoms with van der Waals surface area (Å²) in [6, 6.07) is 5.64. The molecule has 2 aromatic rings. The third-order valence-corrected chi connectivity index (χ3v) is 5.10. The minimum atomic E-state index is -3.53. The first kappa shape index (κ1) is 16.1. The molecule has 8 nitrogen and oxygen atoms in total. The number of nitrogens with zero attached hydrogens (tertiary/aromatic N) is 3. The molecule has 1 aromatic heterocycles. The van der Waals surface area contributed by atoms with Gasteiger partial charge >= 0.3 is 6.01 Å². The highest BCUT2D eigenvalue weighted by atomic mass is 32.2. The van der Waals surface area contributed by atoms with E-state index in [1.54, 1.807) is 13.8 Å². The van der Waals surface area contributed by atoms with Crippen LogP contribution in [0.3, 0.4) is 0 Å². The van der Waals surface area contributed by atoms with Gasteiger partial charge in [-0.05, 0) is 24.3 Å². The molecule has 1 aromatic carbocycles. The van der Waals surface area contributed by atoms with Crippen molar-refractivity contribution < 1.29 is 17.6 Å². The summed E-state index contributed by atoms with van der Waals surface area (Å²) in [4.78, 5) is 12.1. The standard InChI is InChI=1S/C13H16N4O4S/c1-3-17(4-2)22(19,20)11-7-5-10(6-8-11)12(18)15-13-16-14-9-21-13/h5-9H,3-4H2,1-2H3,(H,15,16,18). The molecule has 0 radical (unpaired) electrons. The second-order valence-electron chi connectivity index (χ2n) is 4.31. The highest BCUT2D eigenvalue weighted by molar-refractivity contribution is 7.89. The van der Waals surface area contributed by atoms with E-state index in [1.807, 2.05) is 0 Å². The summed E-state index contributed by atoms with van der Waals surface area (Å²) >= 11 is 0. The molecule has 118 valence electrons. The highest BCUT2D eigenvalue weighted by Gasteiger charge is 2.21. The van der Waals surface area contributed by atoms with Crippen molar-refractivity contribution in [1.29, 1.82) is 0 Å². The van der Waals surface area contributed by atoms with E-state index in [0.29, 0.717) is 13.1 Å². The van der Waals surface area contributed by atoms with Crippen molar-refractivity contribution in [2.45, 2.75) is 18.7 Å². The molecule has 2 rings (SSSR count). The van der Waals surface area contributed by atoms with Gasteiger partial charge in [-0.15, -0.1) is 5.10 Å². The molecule has 0 saturated carbocycles. The molecule has 1 N–H and O–H groups in total. The monoisotopic (exact) mass is 324 g/mol. The Morgan fingerprint density at radius 2 is 1.86 bits per heavy atom. The SMILES string of the molecule is CCN(CC)S(=O)(=O)c1ccc(C(=O)Nc2nnco2)cc1. The molecular weight excluding hydrogens is 308 g/mol. The van der Waals surface area contributed by atoms with Gasteiger partial charge in [0.1, 0.15) is 0 Å². The van der Waals surface area contributed by atoms with E-state index in [0.717, 1.165) is 6.39 Å². The first-order valence-electron chi connectivity index (χ1n) is 6.66. The number of nitrogens with one attached hydrogen (secondary N) is 1. The van der Waals surface area contributed by atoms with Gasteiger partial charge in [0, 0.05) is 18.7 Å². The Morgan fingerprint density at radius 3 is 2.36 bits per heavy atom. The van der Waals surface area contributed by atoms with Gasteiger partial charge in [-0.1, -0.05) is 18.9 Å². The summed E-state index contributed by atoms with van der Waals surface area (Å²) in [7, 11) is -3.53. The van der Waals surface area contributed by atoms with Gasteiger partial charge in [-0.25, -0.2) is 8.42 Å². The van der Waals surface area contributed by atoms with Crippen molar-refractivity contribution in [2.75, 3.05) is 18.4 Å². The van der Waals surface area contributed by atoms with Gasteiger partial charge in [-0.2, -0.15) is 4.31 Å². The number of carbonyl (C=O) groups excluding carboxylic acids is 1. The van der Waals surface area contributed by atoms with Crippen molar-refractivity contribution in [3.63, 3.8) is 0 Å². The maximum Gasteiger partial charge on any atom is 0.322 e. The number of benzene rings is 1. The van der Waals surface area contributed by atoms with E-state index in [9.17, 15) is 13.2 Å². The lowest BCUT2D eigenvalue weighted by atomic mass is 10.2. The normalized spacial score (nSPS) is 11.6. The quantitative estimate of drug-likeness (QED) is 0.860. The summed E-state index contributed by atoms with van der Waals surface area (Å²) in [5.74, 6) is -0.462. The van der Waals surface area contributed by atoms with Crippen molar-refractivity contribution in [3.8, 4) is 0 Å². The average Bonchev–Trinajstić information content (AvgIpc) is 3.01. The van der Waals surface area contributed by atoms with Gasteiger partial charge in [0.25, 0.3) is 5.91 Å². The number of hydrogen-bond donors (Lipinski definition) is 1. The maximum absolute atomic E-state index is 12.3. The zero-order chi connectivity index (χ0) is 16.2. The molecule has 0 unspecified atom stereocenters. The van der Waals surface area contributed by atoms with Crippen LogP contribution in [0.5, 0.6) is 0 Å². The molecule has 22 heavy (non-hydrogen) atoms. The summed E-state index contributed by atoms with van der Waals surface area (Å²) in [6.45, 7) is 4.32. The van der Waals surface area contributed by atoms with Crippen LogP contribution in [-0.2, 0) is 10.0 Å². The Hall–Kier alpha value is -2.26. The molecule has 1 heterocycles. The molecular formula is C13H16N4O4S. The Kier molecular flexibility index (Phi) is 4.88. The molecule has 0 fully saturated rings. The van der Waals surface area contributed by atoms with Crippen molar-refractivity contribution in [1.82, 2.24) is 14.5 Å². The molecule has 1 amide bonds. The fraction of sp³-hybridized carbons (Fsp3) is 0.308. The van der Waals surface area contributed by atoms with Crippen LogP contribution in [0.1, 0.15) is 24.2 Å².